The van der Waals surface area contributed by atoms with E-state index in [1.165, 1.54) is 13.2 Å². The normalized spacial score (nSPS) is 11.0. The highest BCUT2D eigenvalue weighted by Gasteiger charge is 2.16. The molecule has 11 heteroatoms. The van der Waals surface area contributed by atoms with E-state index in [0.29, 0.717) is 33.3 Å². The van der Waals surface area contributed by atoms with Gasteiger partial charge in [-0.1, -0.05) is 28.9 Å². The van der Waals surface area contributed by atoms with Crippen LogP contribution < -0.4 is 25.8 Å². The Bertz CT molecular complexity index is 1250. The quantitative estimate of drug-likeness (QED) is 0.122. The molecule has 0 radical (unpaired) electrons. The Morgan fingerprint density at radius 3 is 2.51 bits per heavy atom. The summed E-state index contributed by atoms with van der Waals surface area (Å²) in [7, 11) is 1.46. The van der Waals surface area contributed by atoms with Gasteiger partial charge >= 0.3 is 5.97 Å². The van der Waals surface area contributed by atoms with Gasteiger partial charge < -0.3 is 36.2 Å². The van der Waals surface area contributed by atoms with Crippen molar-refractivity contribution in [2.24, 2.45) is 10.9 Å². The van der Waals surface area contributed by atoms with Gasteiger partial charge in [0.2, 0.25) is 0 Å². The topological polar surface area (TPSA) is 156 Å². The average molecular weight is 499 g/mol. The zero-order valence-electron chi connectivity index (χ0n) is 18.6. The molecule has 35 heavy (non-hydrogen) atoms. The molecule has 0 aromatic heterocycles. The number of hydrogen-bond donors (Lipinski definition) is 5. The minimum atomic E-state index is -1.12. The van der Waals surface area contributed by atoms with Gasteiger partial charge in [0, 0.05) is 34.1 Å². The number of nitrogens with one attached hydrogen (secondary N) is 2. The molecule has 1 amide bonds. The Morgan fingerprint density at radius 1 is 1.11 bits per heavy atom. The lowest BCUT2D eigenvalue weighted by Crippen LogP contribution is -2.16. The number of anilines is 2. The zero-order chi connectivity index (χ0) is 25.4. The van der Waals surface area contributed by atoms with Crippen molar-refractivity contribution in [3.05, 3.63) is 82.4 Å². The minimum Gasteiger partial charge on any atom is -0.493 e. The molecular weight excluding hydrogens is 476 g/mol. The molecule has 3 rings (SSSR count). The van der Waals surface area contributed by atoms with Crippen molar-refractivity contribution in [2.45, 2.75) is 6.54 Å². The van der Waals surface area contributed by atoms with Gasteiger partial charge in [0.05, 0.1) is 12.7 Å². The summed E-state index contributed by atoms with van der Waals surface area (Å²) in [6, 6.07) is 16.4. The molecule has 0 fully saturated rings. The van der Waals surface area contributed by atoms with E-state index < -0.39 is 18.5 Å². The van der Waals surface area contributed by atoms with E-state index in [1.54, 1.807) is 54.6 Å². The number of rotatable bonds is 10. The number of carboxylic acid groups (broad SMARTS) is 1. The summed E-state index contributed by atoms with van der Waals surface area (Å²) in [5.41, 5.74) is 7.96. The summed E-state index contributed by atoms with van der Waals surface area (Å²) >= 11 is 6.14. The van der Waals surface area contributed by atoms with Crippen LogP contribution in [0.25, 0.3) is 0 Å². The van der Waals surface area contributed by atoms with Crippen molar-refractivity contribution < 1.29 is 29.4 Å². The van der Waals surface area contributed by atoms with Crippen LogP contribution in [-0.4, -0.2) is 41.7 Å². The second-order valence-electron chi connectivity index (χ2n) is 7.19. The molecule has 3 aromatic rings. The molecule has 0 unspecified atom stereocenters. The van der Waals surface area contributed by atoms with Gasteiger partial charge in [-0.25, -0.2) is 4.79 Å². The van der Waals surface area contributed by atoms with E-state index >= 15 is 0 Å². The third kappa shape index (κ3) is 6.55. The number of carboxylic acids is 1. The highest BCUT2D eigenvalue weighted by molar-refractivity contribution is 6.31. The van der Waals surface area contributed by atoms with Crippen molar-refractivity contribution in [3.8, 4) is 11.5 Å². The first-order valence-corrected chi connectivity index (χ1v) is 10.6. The predicted molar refractivity (Wildman–Crippen MR) is 132 cm³/mol. The van der Waals surface area contributed by atoms with E-state index in [0.717, 1.165) is 0 Å². The van der Waals surface area contributed by atoms with E-state index in [4.69, 9.17) is 37.1 Å². The number of nitrogens with zero attached hydrogens (tertiary/aromatic N) is 1. The van der Waals surface area contributed by atoms with Crippen LogP contribution in [0, 0.1) is 0 Å². The maximum Gasteiger partial charge on any atom is 0.341 e. The van der Waals surface area contributed by atoms with Crippen LogP contribution in [0.4, 0.5) is 11.4 Å². The summed E-state index contributed by atoms with van der Waals surface area (Å²) in [6.07, 6.45) is 0. The average Bonchev–Trinajstić information content (AvgIpc) is 2.86. The molecule has 0 aliphatic rings. The van der Waals surface area contributed by atoms with Crippen LogP contribution in [0.3, 0.4) is 0 Å². The van der Waals surface area contributed by atoms with Crippen LogP contribution >= 0.6 is 11.6 Å². The van der Waals surface area contributed by atoms with Crippen LogP contribution in [-0.2, 0) is 11.3 Å². The number of carbonyl (C=O) groups is 2. The van der Waals surface area contributed by atoms with E-state index in [-0.39, 0.29) is 23.7 Å². The van der Waals surface area contributed by atoms with Gasteiger partial charge in [-0.2, -0.15) is 0 Å². The predicted octanol–water partition coefficient (Wildman–Crippen LogP) is 3.77. The Balaban J connectivity index is 1.80. The number of carbonyl (C=O) groups excluding carboxylic acids is 1. The molecule has 3 aromatic carbocycles. The van der Waals surface area contributed by atoms with E-state index in [2.05, 4.69) is 15.8 Å². The number of amides is 1. The molecule has 6 N–H and O–H groups in total. The van der Waals surface area contributed by atoms with E-state index in [1.807, 2.05) is 0 Å². The summed E-state index contributed by atoms with van der Waals surface area (Å²) in [6.45, 7) is -0.320. The monoisotopic (exact) mass is 498 g/mol. The fourth-order valence-corrected chi connectivity index (χ4v) is 3.36. The largest absolute Gasteiger partial charge is 0.493 e. The maximum atomic E-state index is 13.0. The standard InChI is InChI=1S/C24H23ClN4O6/c1-34-20-4-2-3-15(22(20)35-13-21(30)31)12-27-19-10-7-16(25)11-18(19)24(32)28-17-8-5-14(6-9-17)23(26)29-33/h2-11,27,33H,12-13H2,1H3,(H2,26,29)(H,28,32)(H,30,31). The maximum absolute atomic E-state index is 13.0. The number of aliphatic carboxylic acids is 1. The third-order valence-corrected chi connectivity index (χ3v) is 5.10. The second-order valence-corrected chi connectivity index (χ2v) is 7.63. The Morgan fingerprint density at radius 2 is 1.86 bits per heavy atom. The van der Waals surface area contributed by atoms with Gasteiger partial charge in [-0.15, -0.1) is 0 Å². The third-order valence-electron chi connectivity index (χ3n) is 4.86. The molecule has 0 atom stereocenters. The Labute approximate surface area is 205 Å². The molecule has 10 nitrogen and oxygen atoms in total. The fourth-order valence-electron chi connectivity index (χ4n) is 3.19. The van der Waals surface area contributed by atoms with Gasteiger partial charge in [-0.05, 0) is 48.5 Å². The highest BCUT2D eigenvalue weighted by Crippen LogP contribution is 2.32. The summed E-state index contributed by atoms with van der Waals surface area (Å²) in [4.78, 5) is 24.0. The lowest BCUT2D eigenvalue weighted by Gasteiger charge is -2.17. The number of halogens is 1. The lowest BCUT2D eigenvalue weighted by molar-refractivity contribution is -0.139. The van der Waals surface area contributed by atoms with Crippen molar-refractivity contribution in [1.82, 2.24) is 0 Å². The summed E-state index contributed by atoms with van der Waals surface area (Å²) in [5.74, 6) is -0.913. The number of amidine groups is 1. The zero-order valence-corrected chi connectivity index (χ0v) is 19.4. The number of methoxy groups -OCH3 is 1. The van der Waals surface area contributed by atoms with Crippen LogP contribution in [0.2, 0.25) is 5.02 Å². The number of benzene rings is 3. The molecular formula is C24H23ClN4O6. The smallest absolute Gasteiger partial charge is 0.341 e. The van der Waals surface area contributed by atoms with Crippen molar-refractivity contribution >= 4 is 40.7 Å². The van der Waals surface area contributed by atoms with Crippen LogP contribution in [0.5, 0.6) is 11.5 Å². The summed E-state index contributed by atoms with van der Waals surface area (Å²) < 4.78 is 10.7. The Kier molecular flexibility index (Phi) is 8.36. The van der Waals surface area contributed by atoms with Crippen molar-refractivity contribution in [3.63, 3.8) is 0 Å². The lowest BCUT2D eigenvalue weighted by atomic mass is 10.1. The molecule has 0 aliphatic carbocycles. The van der Waals surface area contributed by atoms with Crippen LogP contribution in [0.1, 0.15) is 21.5 Å². The molecule has 182 valence electrons. The molecule has 0 spiro atoms. The molecule has 0 heterocycles. The number of nitrogens with two attached hydrogens (primary N) is 1. The van der Waals surface area contributed by atoms with Crippen molar-refractivity contribution in [2.75, 3.05) is 24.4 Å². The minimum absolute atomic E-state index is 0.0477. The fraction of sp³-hybridized carbons (Fsp3) is 0.125. The molecule has 0 saturated carbocycles. The first kappa shape index (κ1) is 25.2. The van der Waals surface area contributed by atoms with Gasteiger partial charge in [0.15, 0.2) is 23.9 Å². The SMILES string of the molecule is COc1cccc(CNc2ccc(Cl)cc2C(=O)Nc2ccc(/C(N)=N/O)cc2)c1OCC(=O)O. The van der Waals surface area contributed by atoms with Gasteiger partial charge in [0.1, 0.15) is 0 Å². The number of oxime groups is 1. The summed E-state index contributed by atoms with van der Waals surface area (Å²) in [5, 5.41) is 27.0. The first-order valence-electron chi connectivity index (χ1n) is 10.3. The number of ether oxygens (including phenoxy) is 2. The first-order chi connectivity index (χ1) is 16.8. The van der Waals surface area contributed by atoms with Crippen molar-refractivity contribution in [1.29, 1.82) is 0 Å². The second kappa shape index (κ2) is 11.6. The Hall–Kier alpha value is -4.44. The number of para-hydroxylation sites is 1. The number of hydrogen-bond acceptors (Lipinski definition) is 7. The molecule has 0 saturated heterocycles. The molecule has 0 bridgehead atoms. The van der Waals surface area contributed by atoms with Crippen LogP contribution in [0.15, 0.2) is 65.8 Å². The highest BCUT2D eigenvalue weighted by atomic mass is 35.5. The molecule has 0 aliphatic heterocycles. The van der Waals surface area contributed by atoms with Gasteiger partial charge in [0.25, 0.3) is 5.91 Å². The van der Waals surface area contributed by atoms with E-state index in [9.17, 15) is 9.59 Å². The van der Waals surface area contributed by atoms with Gasteiger partial charge in [-0.3, -0.25) is 4.79 Å².